The smallest absolute Gasteiger partial charge is 0.0623 e. The molecule has 30 rings (SSSR count). The predicted octanol–water partition coefficient (Wildman–Crippen LogP) is 24.4. The average Bonchev–Trinajstić information content (AvgIpc) is 1.52. The van der Waals surface area contributed by atoms with Crippen molar-refractivity contribution in [3.05, 3.63) is 165 Å². The van der Waals surface area contributed by atoms with Crippen LogP contribution < -0.4 is 0 Å². The van der Waals surface area contributed by atoms with Gasteiger partial charge in [0.2, 0.25) is 0 Å². The normalized spacial score (nSPS) is 32.7. The summed E-state index contributed by atoms with van der Waals surface area (Å²) < 4.78 is 5.57. The molecule has 10 aromatic carbocycles. The molecule has 92 heavy (non-hydrogen) atoms. The van der Waals surface area contributed by atoms with Crippen molar-refractivity contribution in [2.45, 2.75) is 190 Å². The molecule has 8 fully saturated rings. The Morgan fingerprint density at radius 1 is 0.217 bits per heavy atom. The molecule has 8 saturated carbocycles. The summed E-state index contributed by atoms with van der Waals surface area (Å²) in [7, 11) is 0. The van der Waals surface area contributed by atoms with Crippen molar-refractivity contribution in [3.8, 4) is 11.1 Å². The SMILES string of the molecule is Cc1c(-c2cc3c4cc5cc6c(cc5cc4n4c5cc7cc8c(cc7cc5c(c2C)c34)C2CC3CC(C2)CC8C3)C2CC3CC(CC6C3)C2)cc2c3cc4cc5c(cc4cc3n3c4cc6cc7c(cc6cc4c1c23)C1CC2CC(C1)CC7C2)C1CC2CC(CC5C2)C1. The van der Waals surface area contributed by atoms with Crippen LogP contribution in [0.3, 0.4) is 0 Å². The second-order valence-corrected chi connectivity index (χ2v) is 35.3. The minimum absolute atomic E-state index is 0.726. The number of hydrogen-bond donors (Lipinski definition) is 0. The molecule has 2 nitrogen and oxygen atoms in total. The first-order valence-corrected chi connectivity index (χ1v) is 37.6. The largest absolute Gasteiger partial charge is 0.308 e. The van der Waals surface area contributed by atoms with Crippen molar-refractivity contribution in [3.63, 3.8) is 0 Å². The van der Waals surface area contributed by atoms with Crippen LogP contribution in [0.5, 0.6) is 0 Å². The van der Waals surface area contributed by atoms with E-state index in [0.29, 0.717) is 0 Å². The maximum atomic E-state index is 2.79. The van der Waals surface area contributed by atoms with Gasteiger partial charge < -0.3 is 8.80 Å². The van der Waals surface area contributed by atoms with Gasteiger partial charge in [0.15, 0.2) is 0 Å². The molecule has 0 radical (unpaired) electrons. The van der Waals surface area contributed by atoms with Gasteiger partial charge in [-0.05, 0) is 407 Å². The zero-order chi connectivity index (χ0) is 58.9. The quantitative estimate of drug-likeness (QED) is 0.155. The van der Waals surface area contributed by atoms with E-state index in [1.807, 2.05) is 0 Å². The van der Waals surface area contributed by atoms with E-state index in [2.05, 4.69) is 132 Å². The van der Waals surface area contributed by atoms with Crippen molar-refractivity contribution in [2.24, 2.45) is 47.3 Å². The lowest BCUT2D eigenvalue weighted by Crippen LogP contribution is -2.25. The third-order valence-corrected chi connectivity index (χ3v) is 30.6. The minimum Gasteiger partial charge on any atom is -0.308 e. The Hall–Kier alpha value is -7.16. The molecular weight excluding hydrogens is 1110 g/mol. The second-order valence-electron chi connectivity index (χ2n) is 35.3. The van der Waals surface area contributed by atoms with Gasteiger partial charge in [-0.3, -0.25) is 0 Å². The molecule has 16 aliphatic rings. The van der Waals surface area contributed by atoms with E-state index in [4.69, 9.17) is 0 Å². The fourth-order valence-corrected chi connectivity index (χ4v) is 27.7. The number of aryl methyl sites for hydroxylation is 2. The van der Waals surface area contributed by atoms with Crippen molar-refractivity contribution in [1.82, 2.24) is 8.80 Å². The van der Waals surface area contributed by atoms with E-state index in [-0.39, 0.29) is 0 Å². The van der Waals surface area contributed by atoms with Crippen LogP contribution in [0.15, 0.2) is 109 Å². The summed E-state index contributed by atoms with van der Waals surface area (Å²) >= 11 is 0. The molecule has 4 heterocycles. The Bertz CT molecular complexity index is 5420. The van der Waals surface area contributed by atoms with E-state index < -0.39 is 0 Å². The van der Waals surface area contributed by atoms with Gasteiger partial charge >= 0.3 is 0 Å². The number of rotatable bonds is 1. The first-order valence-electron chi connectivity index (χ1n) is 37.6. The van der Waals surface area contributed by atoms with E-state index in [1.54, 1.807) is 44.5 Å². The van der Waals surface area contributed by atoms with E-state index >= 15 is 0 Å². The van der Waals surface area contributed by atoms with Gasteiger partial charge in [-0.15, -0.1) is 0 Å². The number of nitrogens with zero attached hydrogens (tertiary/aromatic N) is 2. The lowest BCUT2D eigenvalue weighted by molar-refractivity contribution is 0.165. The fraction of sp³-hybridized carbons (Fsp3) is 0.422. The lowest BCUT2D eigenvalue weighted by Gasteiger charge is -2.38. The zero-order valence-electron chi connectivity index (χ0n) is 53.7. The summed E-state index contributed by atoms with van der Waals surface area (Å²) in [5.41, 5.74) is 27.9. The molecule has 0 aliphatic heterocycles. The summed E-state index contributed by atoms with van der Waals surface area (Å²) in [5.74, 6) is 13.1. The molecule has 16 bridgehead atoms. The molecule has 14 aromatic rings. The van der Waals surface area contributed by atoms with Crippen molar-refractivity contribution in [2.75, 3.05) is 0 Å². The molecule has 8 atom stereocenters. The van der Waals surface area contributed by atoms with Crippen LogP contribution in [0.4, 0.5) is 0 Å². The summed E-state index contributed by atoms with van der Waals surface area (Å²) in [6, 6.07) is 48.8. The number of aromatic nitrogens is 2. The topological polar surface area (TPSA) is 8.82 Å². The van der Waals surface area contributed by atoms with Crippen molar-refractivity contribution in [1.29, 1.82) is 0 Å². The standard InChI is InChI=1S/C90H80N2/c1-41-67(39-79-77-31-51-23-69-59-7-43-3-44(8-59)16-63(15-43)73(69)27-55(51)35-83(77)91-85-37-57-29-75-65-19-47-5-48(20-65)12-61(11-47)71(75)25-53(57)33-81(85)87(41)89(79)91)68-40-80-78-32-52-24-70-60-9-45-4-46(10-60)18-64(17-45)74(70)28-56(52)36-84(78)92-86-38-58-30-76-66-21-49-6-50(22-66)14-62(13-49)72(76)26-54(58)34-82(86)88(42(68)2)90(80)92/h23-40,43-50,59-66H,3-22H2,1-2H3. The molecule has 4 aromatic heterocycles. The van der Waals surface area contributed by atoms with E-state index in [0.717, 1.165) is 94.7 Å². The number of fused-ring (bicyclic) bond motifs is 16. The van der Waals surface area contributed by atoms with Gasteiger partial charge in [0, 0.05) is 43.1 Å². The van der Waals surface area contributed by atoms with E-state index in [9.17, 15) is 0 Å². The summed E-state index contributed by atoms with van der Waals surface area (Å²) in [6.45, 7) is 5.07. The zero-order valence-corrected chi connectivity index (χ0v) is 53.7. The highest BCUT2D eigenvalue weighted by atomic mass is 14.9. The summed E-state index contributed by atoms with van der Waals surface area (Å²) in [6.07, 6.45) is 28.4. The molecule has 0 saturated heterocycles. The highest BCUT2D eigenvalue weighted by Crippen LogP contribution is 2.63. The van der Waals surface area contributed by atoms with Crippen LogP contribution in [0.1, 0.15) is 231 Å². The Kier molecular flexibility index (Phi) is 8.85. The van der Waals surface area contributed by atoms with Crippen LogP contribution in [0.2, 0.25) is 0 Å². The molecule has 0 spiro atoms. The highest BCUT2D eigenvalue weighted by Gasteiger charge is 2.47. The Morgan fingerprint density at radius 2 is 0.424 bits per heavy atom. The van der Waals surface area contributed by atoms with Crippen molar-refractivity contribution >= 4 is 119 Å². The third-order valence-electron chi connectivity index (χ3n) is 30.6. The molecule has 2 heteroatoms. The van der Waals surface area contributed by atoms with Gasteiger partial charge in [0.25, 0.3) is 0 Å². The summed E-state index contributed by atoms with van der Waals surface area (Å²) in [5, 5.41) is 23.2. The minimum atomic E-state index is 0.726. The number of hydrogen-bond acceptors (Lipinski definition) is 0. The average molecular weight is 1190 g/mol. The second kappa shape index (κ2) is 16.5. The first kappa shape index (κ1) is 49.4. The van der Waals surface area contributed by atoms with Crippen LogP contribution in [0, 0.1) is 61.2 Å². The maximum absolute atomic E-state index is 2.79. The van der Waals surface area contributed by atoms with Crippen LogP contribution >= 0.6 is 0 Å². The van der Waals surface area contributed by atoms with Gasteiger partial charge in [-0.2, -0.15) is 0 Å². The Labute approximate surface area is 537 Å². The van der Waals surface area contributed by atoms with Gasteiger partial charge in [-0.1, -0.05) is 48.5 Å². The number of benzene rings is 10. The highest BCUT2D eigenvalue weighted by molar-refractivity contribution is 6.31. The van der Waals surface area contributed by atoms with Crippen LogP contribution in [0.25, 0.3) is 130 Å². The monoisotopic (exact) mass is 1190 g/mol. The Morgan fingerprint density at radius 3 is 0.663 bits per heavy atom. The van der Waals surface area contributed by atoms with Crippen LogP contribution in [-0.2, 0) is 0 Å². The Balaban J connectivity index is 0.766. The molecule has 0 N–H and O–H groups in total. The molecule has 450 valence electrons. The van der Waals surface area contributed by atoms with Gasteiger partial charge in [-0.25, -0.2) is 0 Å². The fourth-order valence-electron chi connectivity index (χ4n) is 27.7. The van der Waals surface area contributed by atoms with Crippen molar-refractivity contribution < 1.29 is 0 Å². The summed E-state index contributed by atoms with van der Waals surface area (Å²) in [4.78, 5) is 0. The maximum Gasteiger partial charge on any atom is 0.0623 e. The predicted molar refractivity (Wildman–Crippen MR) is 383 cm³/mol. The first-order chi connectivity index (χ1) is 45.2. The molecule has 0 amide bonds. The molecule has 8 unspecified atom stereocenters. The van der Waals surface area contributed by atoms with Gasteiger partial charge in [0.05, 0.1) is 33.1 Å². The van der Waals surface area contributed by atoms with E-state index in [1.165, 1.54) is 270 Å². The third kappa shape index (κ3) is 6.13. The molecule has 16 aliphatic carbocycles. The van der Waals surface area contributed by atoms with Gasteiger partial charge in [0.1, 0.15) is 0 Å². The molecular formula is C90H80N2. The van der Waals surface area contributed by atoms with Crippen LogP contribution in [-0.4, -0.2) is 8.80 Å². The lowest BCUT2D eigenvalue weighted by atomic mass is 9.67.